The summed E-state index contributed by atoms with van der Waals surface area (Å²) in [7, 11) is 0. The minimum Gasteiger partial charge on any atom is -0.299 e. The van der Waals surface area contributed by atoms with E-state index in [-0.39, 0.29) is 0 Å². The highest BCUT2D eigenvalue weighted by atomic mass is 16.1. The minimum absolute atomic E-state index is 0.845. The molecule has 124 valence electrons. The van der Waals surface area contributed by atoms with E-state index in [1.54, 1.807) is 12.2 Å². The molecule has 0 saturated heterocycles. The van der Waals surface area contributed by atoms with Crippen molar-refractivity contribution in [1.29, 1.82) is 0 Å². The zero-order valence-corrected chi connectivity index (χ0v) is 15.1. The number of hydrogen-bond donors (Lipinski definition) is 0. The van der Waals surface area contributed by atoms with Gasteiger partial charge in [-0.25, -0.2) is 0 Å². The lowest BCUT2D eigenvalue weighted by atomic mass is 10.1. The van der Waals surface area contributed by atoms with Gasteiger partial charge >= 0.3 is 0 Å². The predicted molar refractivity (Wildman–Crippen MR) is 97.0 cm³/mol. The molecule has 0 aliphatic heterocycles. The van der Waals surface area contributed by atoms with Crippen LogP contribution < -0.4 is 0 Å². The van der Waals surface area contributed by atoms with Gasteiger partial charge in [-0.15, -0.1) is 0 Å². The Kier molecular flexibility index (Phi) is 16.1. The molecule has 22 heavy (non-hydrogen) atoms. The maximum atomic E-state index is 10.0. The summed E-state index contributed by atoms with van der Waals surface area (Å²) >= 11 is 0. The highest BCUT2D eigenvalue weighted by Crippen LogP contribution is 2.05. The maximum Gasteiger partial charge on any atom is 0.142 e. The maximum absolute atomic E-state index is 10.0. The fraction of sp³-hybridized carbons (Fsp3) is 0.500. The van der Waals surface area contributed by atoms with Crippen LogP contribution in [0.3, 0.4) is 0 Å². The molecule has 0 heterocycles. The first kappa shape index (κ1) is 22.6. The first-order valence-electron chi connectivity index (χ1n) is 7.82. The third kappa shape index (κ3) is 20.6. The largest absolute Gasteiger partial charge is 0.299 e. The Morgan fingerprint density at radius 1 is 0.636 bits per heavy atom. The predicted octanol–water partition coefficient (Wildman–Crippen LogP) is 5.76. The van der Waals surface area contributed by atoms with Crippen molar-refractivity contribution in [3.8, 4) is 0 Å². The van der Waals surface area contributed by atoms with Gasteiger partial charge in [0.2, 0.25) is 0 Å². The lowest BCUT2D eigenvalue weighted by Gasteiger charge is -1.94. The molecule has 0 unspecified atom stereocenters. The van der Waals surface area contributed by atoms with E-state index in [1.165, 1.54) is 11.1 Å². The third-order valence-electron chi connectivity index (χ3n) is 2.89. The molecule has 0 radical (unpaired) electrons. The van der Waals surface area contributed by atoms with Crippen molar-refractivity contribution in [3.63, 3.8) is 0 Å². The average molecular weight is 304 g/mol. The molecule has 0 aromatic carbocycles. The monoisotopic (exact) mass is 304 g/mol. The molecule has 0 amide bonds. The molecule has 0 fully saturated rings. The smallest absolute Gasteiger partial charge is 0.142 e. The number of allylic oxidation sites excluding steroid dienone is 8. The van der Waals surface area contributed by atoms with Gasteiger partial charge in [0.15, 0.2) is 0 Å². The molecular formula is C20H32O2. The second kappa shape index (κ2) is 15.7. The second-order valence-electron chi connectivity index (χ2n) is 5.94. The topological polar surface area (TPSA) is 34.1 Å². The van der Waals surface area contributed by atoms with Crippen LogP contribution in [-0.4, -0.2) is 12.6 Å². The van der Waals surface area contributed by atoms with E-state index in [2.05, 4.69) is 39.8 Å². The lowest BCUT2D eigenvalue weighted by Crippen LogP contribution is -1.77. The van der Waals surface area contributed by atoms with E-state index in [4.69, 9.17) is 0 Å². The highest BCUT2D eigenvalue weighted by Gasteiger charge is 1.87. The van der Waals surface area contributed by atoms with E-state index in [0.717, 1.165) is 49.4 Å². The number of rotatable bonds is 8. The van der Waals surface area contributed by atoms with Gasteiger partial charge in [0.05, 0.1) is 0 Å². The van der Waals surface area contributed by atoms with Crippen molar-refractivity contribution in [2.75, 3.05) is 0 Å². The zero-order chi connectivity index (χ0) is 17.4. The van der Waals surface area contributed by atoms with E-state index in [0.29, 0.717) is 0 Å². The fourth-order valence-electron chi connectivity index (χ4n) is 1.58. The SMILES string of the molecule is CC(C)=CCC/C(C)=C/C=O.CC(C)=CCCC(C)=CC=O. The van der Waals surface area contributed by atoms with E-state index < -0.39 is 0 Å². The summed E-state index contributed by atoms with van der Waals surface area (Å²) in [5.41, 5.74) is 4.97. The summed E-state index contributed by atoms with van der Waals surface area (Å²) < 4.78 is 0. The summed E-state index contributed by atoms with van der Waals surface area (Å²) in [6.45, 7) is 12.3. The van der Waals surface area contributed by atoms with Crippen molar-refractivity contribution in [3.05, 3.63) is 46.6 Å². The van der Waals surface area contributed by atoms with Crippen molar-refractivity contribution in [1.82, 2.24) is 0 Å². The molecule has 0 aromatic heterocycles. The van der Waals surface area contributed by atoms with Crippen LogP contribution in [0.25, 0.3) is 0 Å². The normalized spacial score (nSPS) is 11.0. The van der Waals surface area contributed by atoms with Crippen molar-refractivity contribution >= 4 is 12.6 Å². The molecule has 0 rings (SSSR count). The van der Waals surface area contributed by atoms with Gasteiger partial charge in [0.25, 0.3) is 0 Å². The van der Waals surface area contributed by atoms with Crippen molar-refractivity contribution in [2.24, 2.45) is 0 Å². The first-order chi connectivity index (χ1) is 10.3. The van der Waals surface area contributed by atoms with Crippen LogP contribution in [0.2, 0.25) is 0 Å². The number of carbonyl (C=O) groups excluding carboxylic acids is 2. The molecular weight excluding hydrogens is 272 g/mol. The van der Waals surface area contributed by atoms with Crippen LogP contribution in [0.5, 0.6) is 0 Å². The standard InChI is InChI=1S/2C10H16O/c2*1-9(2)5-4-6-10(3)7-8-11/h2*5,7-8H,4,6H2,1-3H3/b10-7+;. The highest BCUT2D eigenvalue weighted by molar-refractivity contribution is 5.66. The van der Waals surface area contributed by atoms with Crippen LogP contribution in [0.15, 0.2) is 46.6 Å². The van der Waals surface area contributed by atoms with E-state index in [9.17, 15) is 9.59 Å². The minimum atomic E-state index is 0.845. The van der Waals surface area contributed by atoms with Crippen LogP contribution in [0, 0.1) is 0 Å². The van der Waals surface area contributed by atoms with Gasteiger partial charge in [-0.2, -0.15) is 0 Å². The summed E-state index contributed by atoms with van der Waals surface area (Å²) in [6, 6.07) is 0. The van der Waals surface area contributed by atoms with Crippen LogP contribution in [-0.2, 0) is 9.59 Å². The van der Waals surface area contributed by atoms with Gasteiger partial charge in [-0.1, -0.05) is 34.4 Å². The Morgan fingerprint density at radius 2 is 0.955 bits per heavy atom. The van der Waals surface area contributed by atoms with Gasteiger partial charge in [0, 0.05) is 0 Å². The van der Waals surface area contributed by atoms with Gasteiger partial charge in [-0.05, 0) is 79.4 Å². The third-order valence-corrected chi connectivity index (χ3v) is 2.89. The Morgan fingerprint density at radius 3 is 1.18 bits per heavy atom. The fourth-order valence-corrected chi connectivity index (χ4v) is 1.58. The van der Waals surface area contributed by atoms with Crippen LogP contribution >= 0.6 is 0 Å². The van der Waals surface area contributed by atoms with Crippen molar-refractivity contribution in [2.45, 2.75) is 67.2 Å². The van der Waals surface area contributed by atoms with Gasteiger partial charge in [0.1, 0.15) is 12.6 Å². The summed E-state index contributed by atoms with van der Waals surface area (Å²) in [5, 5.41) is 0. The molecule has 0 spiro atoms. The Bertz CT molecular complexity index is 385. The molecule has 0 bridgehead atoms. The molecule has 0 aromatic rings. The molecule has 2 heteroatoms. The Hall–Kier alpha value is -1.70. The van der Waals surface area contributed by atoms with Gasteiger partial charge in [-0.3, -0.25) is 9.59 Å². The molecule has 2 nitrogen and oxygen atoms in total. The number of hydrogen-bond acceptors (Lipinski definition) is 2. The number of carbonyl (C=O) groups is 2. The molecule has 0 aliphatic rings. The molecule has 0 aliphatic carbocycles. The number of aldehydes is 2. The molecule has 0 N–H and O–H groups in total. The second-order valence-corrected chi connectivity index (χ2v) is 5.94. The van der Waals surface area contributed by atoms with Crippen LogP contribution in [0.4, 0.5) is 0 Å². The molecule has 0 atom stereocenters. The summed E-state index contributed by atoms with van der Waals surface area (Å²) in [4.78, 5) is 20.0. The summed E-state index contributed by atoms with van der Waals surface area (Å²) in [6.07, 6.45) is 13.4. The van der Waals surface area contributed by atoms with Crippen molar-refractivity contribution < 1.29 is 9.59 Å². The Balaban J connectivity index is 0. The lowest BCUT2D eigenvalue weighted by molar-refractivity contribution is -0.104. The van der Waals surface area contributed by atoms with E-state index in [1.807, 2.05) is 13.8 Å². The quantitative estimate of drug-likeness (QED) is 0.325. The van der Waals surface area contributed by atoms with Crippen LogP contribution in [0.1, 0.15) is 67.2 Å². The zero-order valence-electron chi connectivity index (χ0n) is 15.1. The Labute approximate surface area is 136 Å². The first-order valence-corrected chi connectivity index (χ1v) is 7.82. The summed E-state index contributed by atoms with van der Waals surface area (Å²) in [5.74, 6) is 0. The average Bonchev–Trinajstić information content (AvgIpc) is 2.39. The van der Waals surface area contributed by atoms with Gasteiger partial charge < -0.3 is 0 Å². The molecule has 0 saturated carbocycles. The van der Waals surface area contributed by atoms with E-state index >= 15 is 0 Å².